The Morgan fingerprint density at radius 1 is 1.29 bits per heavy atom. The van der Waals surface area contributed by atoms with Crippen LogP contribution in [0.5, 0.6) is 0 Å². The molecule has 0 aromatic carbocycles. The predicted octanol–water partition coefficient (Wildman–Crippen LogP) is -0.297. The number of nitrogens with two attached hydrogens (primary N) is 1. The molecule has 2 N–H and O–H groups in total. The molecule has 6 heteroatoms. The van der Waals surface area contributed by atoms with Gasteiger partial charge in [0.1, 0.15) is 9.84 Å². The lowest BCUT2D eigenvalue weighted by atomic mass is 10.3. The van der Waals surface area contributed by atoms with Gasteiger partial charge < -0.3 is 10.5 Å². The molecule has 14 heavy (non-hydrogen) atoms. The molecule has 0 spiro atoms. The van der Waals surface area contributed by atoms with Crippen LogP contribution in [0.4, 0.5) is 0 Å². The average Bonchev–Trinajstić information content (AvgIpc) is 2.14. The van der Waals surface area contributed by atoms with Crippen LogP contribution in [0.25, 0.3) is 0 Å². The Balaban J connectivity index is 3.71. The molecule has 0 aliphatic rings. The van der Waals surface area contributed by atoms with Crippen LogP contribution in [0, 0.1) is 0 Å². The first kappa shape index (κ1) is 13.4. The van der Waals surface area contributed by atoms with Crippen molar-refractivity contribution < 1.29 is 17.9 Å². The molecular formula is C8H17NO4S. The third-order valence-corrected chi connectivity index (χ3v) is 3.54. The number of esters is 1. The number of hydrogen-bond acceptors (Lipinski definition) is 5. The molecule has 0 unspecified atom stereocenters. The molecular weight excluding hydrogens is 206 g/mol. The summed E-state index contributed by atoms with van der Waals surface area (Å²) >= 11 is 0. The summed E-state index contributed by atoms with van der Waals surface area (Å²) in [6, 6.07) is 0. The molecule has 0 fully saturated rings. The fourth-order valence-electron chi connectivity index (χ4n) is 0.944. The number of sulfone groups is 1. The summed E-state index contributed by atoms with van der Waals surface area (Å²) < 4.78 is 26.9. The second kappa shape index (κ2) is 6.78. The van der Waals surface area contributed by atoms with E-state index >= 15 is 0 Å². The summed E-state index contributed by atoms with van der Waals surface area (Å²) in [5.74, 6) is -0.244. The lowest BCUT2D eigenvalue weighted by Gasteiger charge is -2.02. The van der Waals surface area contributed by atoms with Crippen LogP contribution in [0.3, 0.4) is 0 Å². The molecule has 0 rings (SSSR count). The highest BCUT2D eigenvalue weighted by Gasteiger charge is 2.11. The van der Waals surface area contributed by atoms with Gasteiger partial charge in [-0.3, -0.25) is 4.79 Å². The SMILES string of the molecule is COC(=O)CCCS(=O)(=O)CCCN. The molecule has 0 bridgehead atoms. The van der Waals surface area contributed by atoms with Crippen LogP contribution < -0.4 is 5.73 Å². The monoisotopic (exact) mass is 223 g/mol. The highest BCUT2D eigenvalue weighted by atomic mass is 32.2. The minimum Gasteiger partial charge on any atom is -0.469 e. The van der Waals surface area contributed by atoms with Crippen molar-refractivity contribution in [2.75, 3.05) is 25.2 Å². The van der Waals surface area contributed by atoms with Gasteiger partial charge in [-0.05, 0) is 19.4 Å². The number of carbonyl (C=O) groups is 1. The van der Waals surface area contributed by atoms with Gasteiger partial charge in [-0.15, -0.1) is 0 Å². The minimum atomic E-state index is -3.04. The maximum absolute atomic E-state index is 11.3. The van der Waals surface area contributed by atoms with E-state index in [4.69, 9.17) is 5.73 Å². The van der Waals surface area contributed by atoms with E-state index in [1.54, 1.807) is 0 Å². The maximum atomic E-state index is 11.3. The Labute approximate surface area is 84.5 Å². The van der Waals surface area contributed by atoms with Crippen molar-refractivity contribution in [2.45, 2.75) is 19.3 Å². The van der Waals surface area contributed by atoms with Gasteiger partial charge in [0.05, 0.1) is 18.6 Å². The second-order valence-electron chi connectivity index (χ2n) is 2.97. The van der Waals surface area contributed by atoms with Gasteiger partial charge in [0.15, 0.2) is 0 Å². The molecule has 0 saturated carbocycles. The lowest BCUT2D eigenvalue weighted by Crippen LogP contribution is -2.15. The van der Waals surface area contributed by atoms with Crippen LogP contribution in [0.1, 0.15) is 19.3 Å². The van der Waals surface area contributed by atoms with Gasteiger partial charge in [-0.25, -0.2) is 8.42 Å². The Morgan fingerprint density at radius 3 is 2.36 bits per heavy atom. The quantitative estimate of drug-likeness (QED) is 0.599. The fourth-order valence-corrected chi connectivity index (χ4v) is 2.34. The van der Waals surface area contributed by atoms with Crippen LogP contribution in [-0.4, -0.2) is 39.5 Å². The van der Waals surface area contributed by atoms with Crippen LogP contribution in [0.2, 0.25) is 0 Å². The number of hydrogen-bond donors (Lipinski definition) is 1. The molecule has 0 aromatic heterocycles. The largest absolute Gasteiger partial charge is 0.469 e. The molecule has 0 aliphatic carbocycles. The van der Waals surface area contributed by atoms with Gasteiger partial charge in [0, 0.05) is 6.42 Å². The van der Waals surface area contributed by atoms with Crippen molar-refractivity contribution in [3.05, 3.63) is 0 Å². The molecule has 0 aromatic rings. The van der Waals surface area contributed by atoms with Crippen LogP contribution >= 0.6 is 0 Å². The molecule has 0 aliphatic heterocycles. The standard InChI is InChI=1S/C8H17NO4S/c1-13-8(10)4-2-6-14(11,12)7-3-5-9/h2-7,9H2,1H3. The molecule has 84 valence electrons. The van der Waals surface area contributed by atoms with E-state index in [9.17, 15) is 13.2 Å². The molecule has 0 saturated heterocycles. The Kier molecular flexibility index (Phi) is 6.48. The molecule has 0 radical (unpaired) electrons. The van der Waals surface area contributed by atoms with Crippen molar-refractivity contribution in [2.24, 2.45) is 5.73 Å². The third kappa shape index (κ3) is 6.85. The van der Waals surface area contributed by atoms with Gasteiger partial charge in [0.2, 0.25) is 0 Å². The number of methoxy groups -OCH3 is 1. The normalized spacial score (nSPS) is 11.3. The van der Waals surface area contributed by atoms with Crippen molar-refractivity contribution in [1.82, 2.24) is 0 Å². The summed E-state index contributed by atoms with van der Waals surface area (Å²) in [4.78, 5) is 10.7. The number of ether oxygens (including phenoxy) is 1. The van der Waals surface area contributed by atoms with E-state index in [0.29, 0.717) is 19.4 Å². The highest BCUT2D eigenvalue weighted by molar-refractivity contribution is 7.91. The summed E-state index contributed by atoms with van der Waals surface area (Å²) in [6.07, 6.45) is 0.943. The van der Waals surface area contributed by atoms with Gasteiger partial charge in [-0.2, -0.15) is 0 Å². The zero-order valence-corrected chi connectivity index (χ0v) is 9.18. The van der Waals surface area contributed by atoms with Crippen molar-refractivity contribution in [1.29, 1.82) is 0 Å². The molecule has 0 atom stereocenters. The van der Waals surface area contributed by atoms with E-state index < -0.39 is 9.84 Å². The van der Waals surface area contributed by atoms with Crippen molar-refractivity contribution >= 4 is 15.8 Å². The Bertz CT molecular complexity index is 261. The minimum absolute atomic E-state index is 0.0299. The third-order valence-electron chi connectivity index (χ3n) is 1.72. The summed E-state index contributed by atoms with van der Waals surface area (Å²) in [7, 11) is -1.75. The van der Waals surface area contributed by atoms with Crippen molar-refractivity contribution in [3.63, 3.8) is 0 Å². The molecule has 0 amide bonds. The average molecular weight is 223 g/mol. The number of rotatable bonds is 7. The Morgan fingerprint density at radius 2 is 1.86 bits per heavy atom. The zero-order valence-electron chi connectivity index (χ0n) is 8.36. The van der Waals surface area contributed by atoms with E-state index in [2.05, 4.69) is 4.74 Å². The van der Waals surface area contributed by atoms with E-state index in [1.165, 1.54) is 7.11 Å². The molecule has 5 nitrogen and oxygen atoms in total. The van der Waals surface area contributed by atoms with E-state index in [1.807, 2.05) is 0 Å². The summed E-state index contributed by atoms with van der Waals surface area (Å²) in [5.41, 5.74) is 5.20. The van der Waals surface area contributed by atoms with Gasteiger partial charge in [0.25, 0.3) is 0 Å². The smallest absolute Gasteiger partial charge is 0.305 e. The summed E-state index contributed by atoms with van der Waals surface area (Å²) in [6.45, 7) is 0.371. The first-order chi connectivity index (χ1) is 6.52. The zero-order chi connectivity index (χ0) is 11.0. The van der Waals surface area contributed by atoms with Crippen LogP contribution in [-0.2, 0) is 19.4 Å². The summed E-state index contributed by atoms with van der Waals surface area (Å²) in [5, 5.41) is 0. The Hall–Kier alpha value is -0.620. The first-order valence-corrected chi connectivity index (χ1v) is 6.31. The molecule has 0 heterocycles. The van der Waals surface area contributed by atoms with Gasteiger partial charge in [-0.1, -0.05) is 0 Å². The highest BCUT2D eigenvalue weighted by Crippen LogP contribution is 2.00. The second-order valence-corrected chi connectivity index (χ2v) is 5.28. The predicted molar refractivity (Wildman–Crippen MR) is 53.6 cm³/mol. The topological polar surface area (TPSA) is 86.5 Å². The number of carbonyl (C=O) groups excluding carboxylic acids is 1. The van der Waals surface area contributed by atoms with E-state index in [0.717, 1.165) is 0 Å². The van der Waals surface area contributed by atoms with Crippen LogP contribution in [0.15, 0.2) is 0 Å². The van der Waals surface area contributed by atoms with Crippen molar-refractivity contribution in [3.8, 4) is 0 Å². The van der Waals surface area contributed by atoms with E-state index in [-0.39, 0.29) is 23.9 Å². The maximum Gasteiger partial charge on any atom is 0.305 e. The lowest BCUT2D eigenvalue weighted by molar-refractivity contribution is -0.140. The first-order valence-electron chi connectivity index (χ1n) is 4.49. The fraction of sp³-hybridized carbons (Fsp3) is 0.875. The van der Waals surface area contributed by atoms with Gasteiger partial charge >= 0.3 is 5.97 Å².